The van der Waals surface area contributed by atoms with Crippen LogP contribution in [-0.4, -0.2) is 35.5 Å². The van der Waals surface area contributed by atoms with Crippen LogP contribution in [-0.2, 0) is 14.4 Å². The van der Waals surface area contributed by atoms with Crippen LogP contribution < -0.4 is 10.6 Å². The molecule has 2 amide bonds. The van der Waals surface area contributed by atoms with E-state index in [4.69, 9.17) is 5.11 Å². The summed E-state index contributed by atoms with van der Waals surface area (Å²) >= 11 is 0. The first-order valence-corrected chi connectivity index (χ1v) is 6.99. The van der Waals surface area contributed by atoms with Crippen molar-refractivity contribution in [3.63, 3.8) is 0 Å². The van der Waals surface area contributed by atoms with E-state index in [2.05, 4.69) is 10.6 Å². The third-order valence-corrected chi connectivity index (χ3v) is 3.25. The zero-order chi connectivity index (χ0) is 15.3. The van der Waals surface area contributed by atoms with Crippen LogP contribution in [0.25, 0.3) is 0 Å². The molecule has 1 aliphatic carbocycles. The molecule has 0 aromatic carbocycles. The van der Waals surface area contributed by atoms with Gasteiger partial charge in [0, 0.05) is 24.4 Å². The maximum absolute atomic E-state index is 11.7. The number of hydrogen-bond acceptors (Lipinski definition) is 3. The van der Waals surface area contributed by atoms with E-state index < -0.39 is 11.4 Å². The highest BCUT2D eigenvalue weighted by atomic mass is 16.4. The predicted molar refractivity (Wildman–Crippen MR) is 74.0 cm³/mol. The van der Waals surface area contributed by atoms with Gasteiger partial charge in [0.2, 0.25) is 11.8 Å². The highest BCUT2D eigenvalue weighted by Crippen LogP contribution is 2.34. The van der Waals surface area contributed by atoms with Gasteiger partial charge in [-0.05, 0) is 18.8 Å². The summed E-state index contributed by atoms with van der Waals surface area (Å²) in [5.74, 6) is -0.922. The molecule has 0 heterocycles. The standard InChI is InChI=1S/C14H24N2O4/c1-14(2,3)13(20)15-7-6-11(17)16-10(8-12(18)19)9-4-5-9/h9-10H,4-8H2,1-3H3,(H,15,20)(H,16,17)(H,18,19). The Hall–Kier alpha value is -1.59. The van der Waals surface area contributed by atoms with E-state index in [0.717, 1.165) is 12.8 Å². The molecule has 114 valence electrons. The van der Waals surface area contributed by atoms with E-state index in [1.807, 2.05) is 0 Å². The van der Waals surface area contributed by atoms with Crippen molar-refractivity contribution in [2.75, 3.05) is 6.54 Å². The number of carbonyl (C=O) groups is 3. The number of rotatable bonds is 7. The normalized spacial score (nSPS) is 16.4. The van der Waals surface area contributed by atoms with Gasteiger partial charge >= 0.3 is 5.97 Å². The van der Waals surface area contributed by atoms with Crippen LogP contribution in [0, 0.1) is 11.3 Å². The van der Waals surface area contributed by atoms with E-state index in [0.29, 0.717) is 5.92 Å². The van der Waals surface area contributed by atoms with E-state index >= 15 is 0 Å². The maximum atomic E-state index is 11.7. The lowest BCUT2D eigenvalue weighted by molar-refractivity contribution is -0.137. The van der Waals surface area contributed by atoms with Gasteiger partial charge in [0.05, 0.1) is 6.42 Å². The van der Waals surface area contributed by atoms with E-state index in [-0.39, 0.29) is 37.2 Å². The monoisotopic (exact) mass is 284 g/mol. The lowest BCUT2D eigenvalue weighted by Crippen LogP contribution is -2.41. The fourth-order valence-electron chi connectivity index (χ4n) is 1.86. The van der Waals surface area contributed by atoms with Crippen LogP contribution in [0.1, 0.15) is 46.5 Å². The first-order valence-electron chi connectivity index (χ1n) is 6.99. The SMILES string of the molecule is CC(C)(C)C(=O)NCCC(=O)NC(CC(=O)O)C1CC1. The molecule has 0 bridgehead atoms. The molecule has 6 nitrogen and oxygen atoms in total. The van der Waals surface area contributed by atoms with E-state index in [9.17, 15) is 14.4 Å². The van der Waals surface area contributed by atoms with Crippen LogP contribution in [0.2, 0.25) is 0 Å². The fourth-order valence-corrected chi connectivity index (χ4v) is 1.86. The Kier molecular flexibility index (Phi) is 5.53. The van der Waals surface area contributed by atoms with Crippen molar-refractivity contribution in [2.45, 2.75) is 52.5 Å². The summed E-state index contributed by atoms with van der Waals surface area (Å²) in [6.45, 7) is 5.68. The summed E-state index contributed by atoms with van der Waals surface area (Å²) in [4.78, 5) is 34.1. The molecule has 1 saturated carbocycles. The van der Waals surface area contributed by atoms with Crippen molar-refractivity contribution in [1.82, 2.24) is 10.6 Å². The second kappa shape index (κ2) is 6.72. The number of nitrogens with one attached hydrogen (secondary N) is 2. The van der Waals surface area contributed by atoms with Crippen LogP contribution in [0.15, 0.2) is 0 Å². The second-order valence-electron chi connectivity index (χ2n) is 6.37. The summed E-state index contributed by atoms with van der Waals surface area (Å²) in [6.07, 6.45) is 2.08. The van der Waals surface area contributed by atoms with Crippen LogP contribution in [0.5, 0.6) is 0 Å². The molecular weight excluding hydrogens is 260 g/mol. The summed E-state index contributed by atoms with van der Waals surface area (Å²) in [5, 5.41) is 14.3. The molecule has 1 fully saturated rings. The number of carbonyl (C=O) groups excluding carboxylic acids is 2. The lowest BCUT2D eigenvalue weighted by Gasteiger charge is -2.19. The molecule has 1 aliphatic rings. The molecule has 0 radical (unpaired) electrons. The Morgan fingerprint density at radius 2 is 1.85 bits per heavy atom. The third-order valence-electron chi connectivity index (χ3n) is 3.25. The average molecular weight is 284 g/mol. The summed E-state index contributed by atoms with van der Waals surface area (Å²) in [7, 11) is 0. The maximum Gasteiger partial charge on any atom is 0.305 e. The zero-order valence-electron chi connectivity index (χ0n) is 12.4. The van der Waals surface area contributed by atoms with Gasteiger partial charge in [-0.2, -0.15) is 0 Å². The lowest BCUT2D eigenvalue weighted by atomic mass is 9.96. The molecule has 1 rings (SSSR count). The second-order valence-corrected chi connectivity index (χ2v) is 6.37. The minimum atomic E-state index is -0.900. The zero-order valence-corrected chi connectivity index (χ0v) is 12.4. The molecule has 20 heavy (non-hydrogen) atoms. The Morgan fingerprint density at radius 1 is 1.25 bits per heavy atom. The van der Waals surface area contributed by atoms with Crippen molar-refractivity contribution >= 4 is 17.8 Å². The highest BCUT2D eigenvalue weighted by Gasteiger charge is 2.33. The molecule has 0 saturated heterocycles. The minimum absolute atomic E-state index is 0.0369. The Labute approximate surface area is 119 Å². The van der Waals surface area contributed by atoms with Gasteiger partial charge in [-0.1, -0.05) is 20.8 Å². The van der Waals surface area contributed by atoms with Crippen LogP contribution in [0.4, 0.5) is 0 Å². The molecule has 6 heteroatoms. The number of amides is 2. The highest BCUT2D eigenvalue weighted by molar-refractivity contribution is 5.82. The van der Waals surface area contributed by atoms with E-state index in [1.54, 1.807) is 20.8 Å². The summed E-state index contributed by atoms with van der Waals surface area (Å²) in [6, 6.07) is -0.279. The molecule has 0 aliphatic heterocycles. The minimum Gasteiger partial charge on any atom is -0.481 e. The summed E-state index contributed by atoms with van der Waals surface area (Å²) < 4.78 is 0. The molecule has 0 spiro atoms. The van der Waals surface area contributed by atoms with Gasteiger partial charge in [-0.15, -0.1) is 0 Å². The Bertz CT molecular complexity index is 383. The largest absolute Gasteiger partial charge is 0.481 e. The van der Waals surface area contributed by atoms with E-state index in [1.165, 1.54) is 0 Å². The van der Waals surface area contributed by atoms with Crippen molar-refractivity contribution in [1.29, 1.82) is 0 Å². The van der Waals surface area contributed by atoms with Gasteiger partial charge in [-0.25, -0.2) is 0 Å². The Morgan fingerprint density at radius 3 is 2.30 bits per heavy atom. The van der Waals surface area contributed by atoms with Gasteiger partial charge in [0.15, 0.2) is 0 Å². The first kappa shape index (κ1) is 16.5. The quantitative estimate of drug-likeness (QED) is 0.647. The smallest absolute Gasteiger partial charge is 0.305 e. The molecule has 3 N–H and O–H groups in total. The third kappa shape index (κ3) is 6.04. The topological polar surface area (TPSA) is 95.5 Å². The number of carboxylic acids is 1. The van der Waals surface area contributed by atoms with Crippen molar-refractivity contribution in [3.8, 4) is 0 Å². The molecule has 1 atom stereocenters. The van der Waals surface area contributed by atoms with Gasteiger partial charge in [0.1, 0.15) is 0 Å². The number of aliphatic carboxylic acids is 1. The molecule has 0 aromatic rings. The van der Waals surface area contributed by atoms with Crippen LogP contribution in [0.3, 0.4) is 0 Å². The predicted octanol–water partition coefficient (Wildman–Crippen LogP) is 0.908. The molecule has 0 aromatic heterocycles. The van der Waals surface area contributed by atoms with Crippen molar-refractivity contribution in [2.24, 2.45) is 11.3 Å². The molecule has 1 unspecified atom stereocenters. The summed E-state index contributed by atoms with van der Waals surface area (Å²) in [5.41, 5.74) is -0.476. The van der Waals surface area contributed by atoms with Gasteiger partial charge in [-0.3, -0.25) is 14.4 Å². The average Bonchev–Trinajstić information content (AvgIpc) is 3.09. The van der Waals surface area contributed by atoms with Gasteiger partial charge < -0.3 is 15.7 Å². The Balaban J connectivity index is 2.28. The number of hydrogen-bond donors (Lipinski definition) is 3. The number of carboxylic acid groups (broad SMARTS) is 1. The first-order chi connectivity index (χ1) is 9.20. The molecular formula is C14H24N2O4. The van der Waals surface area contributed by atoms with Gasteiger partial charge in [0.25, 0.3) is 0 Å². The van der Waals surface area contributed by atoms with Crippen molar-refractivity contribution in [3.05, 3.63) is 0 Å². The fraction of sp³-hybridized carbons (Fsp3) is 0.786. The van der Waals surface area contributed by atoms with Crippen molar-refractivity contribution < 1.29 is 19.5 Å². The van der Waals surface area contributed by atoms with Crippen LogP contribution >= 0.6 is 0 Å².